The molecular formula is C18H30N2O. The van der Waals surface area contributed by atoms with Gasteiger partial charge in [0, 0.05) is 19.2 Å². The quantitative estimate of drug-likeness (QED) is 0.835. The molecule has 1 unspecified atom stereocenters. The van der Waals surface area contributed by atoms with Gasteiger partial charge in [-0.05, 0) is 63.9 Å². The van der Waals surface area contributed by atoms with Gasteiger partial charge in [-0.25, -0.2) is 0 Å². The number of hydrogen-bond acceptors (Lipinski definition) is 3. The summed E-state index contributed by atoms with van der Waals surface area (Å²) < 4.78 is 5.56. The van der Waals surface area contributed by atoms with Gasteiger partial charge >= 0.3 is 0 Å². The number of benzene rings is 1. The Bertz CT molecular complexity index is 413. The highest BCUT2D eigenvalue weighted by atomic mass is 16.5. The maximum absolute atomic E-state index is 5.56. The lowest BCUT2D eigenvalue weighted by Crippen LogP contribution is -2.40. The van der Waals surface area contributed by atoms with Gasteiger partial charge in [0.2, 0.25) is 0 Å². The summed E-state index contributed by atoms with van der Waals surface area (Å²) in [5.74, 6) is 0.806. The van der Waals surface area contributed by atoms with Crippen molar-refractivity contribution < 1.29 is 4.74 Å². The molecule has 21 heavy (non-hydrogen) atoms. The minimum Gasteiger partial charge on any atom is -0.377 e. The second kappa shape index (κ2) is 8.52. The van der Waals surface area contributed by atoms with Crippen LogP contribution in [0.25, 0.3) is 0 Å². The lowest BCUT2D eigenvalue weighted by Gasteiger charge is -2.33. The van der Waals surface area contributed by atoms with Crippen LogP contribution in [0.4, 0.5) is 0 Å². The van der Waals surface area contributed by atoms with Gasteiger partial charge in [-0.3, -0.25) is 0 Å². The molecule has 1 saturated heterocycles. The molecule has 1 aromatic rings. The van der Waals surface area contributed by atoms with E-state index in [1.807, 2.05) is 6.92 Å². The summed E-state index contributed by atoms with van der Waals surface area (Å²) in [6, 6.07) is 9.18. The van der Waals surface area contributed by atoms with Gasteiger partial charge in [0.15, 0.2) is 0 Å². The summed E-state index contributed by atoms with van der Waals surface area (Å²) >= 11 is 0. The van der Waals surface area contributed by atoms with Crippen molar-refractivity contribution in [3.63, 3.8) is 0 Å². The van der Waals surface area contributed by atoms with Crippen LogP contribution in [0.2, 0.25) is 0 Å². The topological polar surface area (TPSA) is 24.5 Å². The monoisotopic (exact) mass is 290 g/mol. The zero-order chi connectivity index (χ0) is 15.1. The van der Waals surface area contributed by atoms with Crippen LogP contribution < -0.4 is 5.32 Å². The number of ether oxygens (including phenoxy) is 1. The normalized spacial score (nSPS) is 18.8. The highest BCUT2D eigenvalue weighted by Gasteiger charge is 2.21. The minimum absolute atomic E-state index is 0.582. The van der Waals surface area contributed by atoms with Gasteiger partial charge < -0.3 is 15.0 Å². The molecule has 0 amide bonds. The molecule has 1 aromatic carbocycles. The largest absolute Gasteiger partial charge is 0.377 e. The second-order valence-electron chi connectivity index (χ2n) is 6.22. The predicted molar refractivity (Wildman–Crippen MR) is 88.3 cm³/mol. The number of nitrogens with one attached hydrogen (secondary N) is 1. The molecule has 0 aromatic heterocycles. The van der Waals surface area contributed by atoms with E-state index in [1.54, 1.807) is 0 Å². The Labute approximate surface area is 129 Å². The van der Waals surface area contributed by atoms with Crippen molar-refractivity contribution in [1.82, 2.24) is 10.2 Å². The van der Waals surface area contributed by atoms with Gasteiger partial charge in [0.05, 0.1) is 6.61 Å². The summed E-state index contributed by atoms with van der Waals surface area (Å²) in [7, 11) is 2.22. The zero-order valence-corrected chi connectivity index (χ0v) is 13.8. The van der Waals surface area contributed by atoms with Gasteiger partial charge in [0.1, 0.15) is 0 Å². The summed E-state index contributed by atoms with van der Waals surface area (Å²) in [4.78, 5) is 2.43. The summed E-state index contributed by atoms with van der Waals surface area (Å²) in [6.45, 7) is 9.28. The van der Waals surface area contributed by atoms with Crippen LogP contribution in [-0.2, 0) is 17.9 Å². The molecule has 3 heteroatoms. The van der Waals surface area contributed by atoms with Crippen molar-refractivity contribution >= 4 is 0 Å². The average Bonchev–Trinajstić information content (AvgIpc) is 2.52. The third-order valence-corrected chi connectivity index (χ3v) is 4.66. The fourth-order valence-electron chi connectivity index (χ4n) is 3.05. The van der Waals surface area contributed by atoms with E-state index in [0.29, 0.717) is 6.04 Å². The molecule has 1 atom stereocenters. The van der Waals surface area contributed by atoms with E-state index in [1.165, 1.54) is 37.1 Å². The first-order valence-corrected chi connectivity index (χ1v) is 8.27. The molecule has 3 nitrogen and oxygen atoms in total. The molecule has 0 spiro atoms. The lowest BCUT2D eigenvalue weighted by atomic mass is 9.90. The zero-order valence-electron chi connectivity index (χ0n) is 13.8. The smallest absolute Gasteiger partial charge is 0.0719 e. The van der Waals surface area contributed by atoms with E-state index < -0.39 is 0 Å². The van der Waals surface area contributed by atoms with Gasteiger partial charge in [0.25, 0.3) is 0 Å². The fourth-order valence-corrected chi connectivity index (χ4v) is 3.05. The second-order valence-corrected chi connectivity index (χ2v) is 6.22. The van der Waals surface area contributed by atoms with Crippen LogP contribution in [0, 0.1) is 5.92 Å². The maximum atomic E-state index is 5.56. The highest BCUT2D eigenvalue weighted by Crippen LogP contribution is 2.20. The van der Waals surface area contributed by atoms with Crippen molar-refractivity contribution in [3.05, 3.63) is 35.4 Å². The van der Waals surface area contributed by atoms with Crippen LogP contribution in [0.3, 0.4) is 0 Å². The van der Waals surface area contributed by atoms with E-state index in [2.05, 4.69) is 48.5 Å². The molecule has 1 N–H and O–H groups in total. The van der Waals surface area contributed by atoms with Crippen molar-refractivity contribution in [2.45, 2.75) is 45.9 Å². The van der Waals surface area contributed by atoms with Crippen LogP contribution in [0.15, 0.2) is 24.3 Å². The van der Waals surface area contributed by atoms with E-state index >= 15 is 0 Å². The molecule has 1 aliphatic heterocycles. The number of piperidine rings is 1. The van der Waals surface area contributed by atoms with E-state index in [0.717, 1.165) is 25.7 Å². The number of hydrogen-bond donors (Lipinski definition) is 1. The van der Waals surface area contributed by atoms with E-state index in [4.69, 9.17) is 4.74 Å². The van der Waals surface area contributed by atoms with Crippen molar-refractivity contribution in [1.29, 1.82) is 0 Å². The molecule has 0 saturated carbocycles. The fraction of sp³-hybridized carbons (Fsp3) is 0.667. The molecule has 0 aliphatic carbocycles. The summed E-state index contributed by atoms with van der Waals surface area (Å²) in [6.07, 6.45) is 2.62. The number of nitrogens with zero attached hydrogens (tertiary/aromatic N) is 1. The third kappa shape index (κ3) is 5.10. The van der Waals surface area contributed by atoms with Crippen LogP contribution in [-0.4, -0.2) is 37.7 Å². The first-order valence-electron chi connectivity index (χ1n) is 8.27. The Kier molecular flexibility index (Phi) is 6.68. The standard InChI is InChI=1S/C18H30N2O/c1-4-21-14-18-8-6-5-7-17(18)13-19-15(2)16-9-11-20(3)12-10-16/h5-8,15-16,19H,4,9-14H2,1-3H3. The Morgan fingerprint density at radius 1 is 1.24 bits per heavy atom. The lowest BCUT2D eigenvalue weighted by molar-refractivity contribution is 0.133. The molecule has 2 rings (SSSR count). The summed E-state index contributed by atoms with van der Waals surface area (Å²) in [5.41, 5.74) is 2.67. The number of rotatable bonds is 7. The van der Waals surface area contributed by atoms with E-state index in [9.17, 15) is 0 Å². The Morgan fingerprint density at radius 2 is 1.90 bits per heavy atom. The van der Waals surface area contributed by atoms with Gasteiger partial charge in [-0.1, -0.05) is 24.3 Å². The highest BCUT2D eigenvalue weighted by molar-refractivity contribution is 5.26. The number of likely N-dealkylation sites (tertiary alicyclic amines) is 1. The van der Waals surface area contributed by atoms with Gasteiger partial charge in [-0.15, -0.1) is 0 Å². The van der Waals surface area contributed by atoms with Gasteiger partial charge in [-0.2, -0.15) is 0 Å². The molecule has 0 radical (unpaired) electrons. The van der Waals surface area contributed by atoms with Crippen molar-refractivity contribution in [3.8, 4) is 0 Å². The van der Waals surface area contributed by atoms with Crippen molar-refractivity contribution in [2.24, 2.45) is 5.92 Å². The van der Waals surface area contributed by atoms with Crippen LogP contribution in [0.5, 0.6) is 0 Å². The first kappa shape index (κ1) is 16.5. The van der Waals surface area contributed by atoms with E-state index in [-0.39, 0.29) is 0 Å². The molecule has 1 aliphatic rings. The average molecular weight is 290 g/mol. The molecule has 118 valence electrons. The summed E-state index contributed by atoms with van der Waals surface area (Å²) in [5, 5.41) is 3.73. The molecule has 1 heterocycles. The Hall–Kier alpha value is -0.900. The van der Waals surface area contributed by atoms with Crippen LogP contribution >= 0.6 is 0 Å². The molecule has 0 bridgehead atoms. The van der Waals surface area contributed by atoms with Crippen molar-refractivity contribution in [2.75, 3.05) is 26.7 Å². The van der Waals surface area contributed by atoms with Crippen LogP contribution in [0.1, 0.15) is 37.8 Å². The predicted octanol–water partition coefficient (Wildman–Crippen LogP) is 3.04. The first-order chi connectivity index (χ1) is 10.2. The third-order valence-electron chi connectivity index (χ3n) is 4.66. The Balaban J connectivity index is 1.84. The molecular weight excluding hydrogens is 260 g/mol. The molecule has 1 fully saturated rings. The minimum atomic E-state index is 0.582. The SMILES string of the molecule is CCOCc1ccccc1CNC(C)C1CCN(C)CC1. The maximum Gasteiger partial charge on any atom is 0.0719 e. The Morgan fingerprint density at radius 3 is 2.57 bits per heavy atom.